The van der Waals surface area contributed by atoms with Crippen LogP contribution in [0.1, 0.15) is 24.2 Å². The van der Waals surface area contributed by atoms with Crippen molar-refractivity contribution < 1.29 is 9.13 Å². The van der Waals surface area contributed by atoms with Gasteiger partial charge < -0.3 is 9.64 Å². The largest absolute Gasteiger partial charge is 0.497 e. The number of hydrogen-bond acceptors (Lipinski definition) is 3. The van der Waals surface area contributed by atoms with Gasteiger partial charge in [0.25, 0.3) is 0 Å². The Hall–Kier alpha value is -2.41. The summed E-state index contributed by atoms with van der Waals surface area (Å²) in [7, 11) is 1.66. The summed E-state index contributed by atoms with van der Waals surface area (Å²) in [5, 5.41) is 0. The lowest BCUT2D eigenvalue weighted by Gasteiger charge is -2.30. The first-order chi connectivity index (χ1) is 13.6. The molecule has 0 bridgehead atoms. The predicted molar refractivity (Wildman–Crippen MR) is 120 cm³/mol. The number of ether oxygens (including phenoxy) is 1. The first-order valence-corrected chi connectivity index (χ1v) is 10.2. The molecule has 2 atom stereocenters. The third-order valence-electron chi connectivity index (χ3n) is 5.02. The molecule has 0 saturated carbocycles. The van der Waals surface area contributed by atoms with Crippen molar-refractivity contribution in [3.63, 3.8) is 0 Å². The van der Waals surface area contributed by atoms with Gasteiger partial charge in [-0.05, 0) is 89.2 Å². The molecule has 0 aromatic heterocycles. The molecule has 5 heteroatoms. The van der Waals surface area contributed by atoms with E-state index in [4.69, 9.17) is 9.73 Å². The molecule has 0 N–H and O–H groups in total. The maximum atomic E-state index is 13.4. The van der Waals surface area contributed by atoms with Crippen LogP contribution in [0, 0.1) is 9.39 Å². The molecule has 3 nitrogen and oxygen atoms in total. The van der Waals surface area contributed by atoms with E-state index in [1.54, 1.807) is 19.2 Å². The second-order valence-electron chi connectivity index (χ2n) is 6.73. The normalized spacial score (nSPS) is 18.9. The van der Waals surface area contributed by atoms with Gasteiger partial charge in [0.15, 0.2) is 0 Å². The molecule has 3 aromatic rings. The second kappa shape index (κ2) is 7.91. The Morgan fingerprint density at radius 2 is 1.57 bits per heavy atom. The summed E-state index contributed by atoms with van der Waals surface area (Å²) in [6.07, 6.45) is -0.152. The van der Waals surface area contributed by atoms with Crippen LogP contribution in [0.5, 0.6) is 5.75 Å². The number of hydrogen-bond donors (Lipinski definition) is 0. The van der Waals surface area contributed by atoms with Crippen LogP contribution in [0.2, 0.25) is 0 Å². The number of rotatable bonds is 4. The zero-order valence-corrected chi connectivity index (χ0v) is 17.8. The smallest absolute Gasteiger partial charge is 0.148 e. The maximum Gasteiger partial charge on any atom is 0.148 e. The van der Waals surface area contributed by atoms with Crippen LogP contribution in [0.25, 0.3) is 0 Å². The molecule has 1 heterocycles. The number of halogens is 2. The Bertz CT molecular complexity index is 985. The van der Waals surface area contributed by atoms with Gasteiger partial charge in [-0.2, -0.15) is 0 Å². The fraction of sp³-hybridized carbons (Fsp3) is 0.174. The van der Waals surface area contributed by atoms with Crippen LogP contribution in [-0.2, 0) is 0 Å². The third-order valence-corrected chi connectivity index (χ3v) is 5.74. The van der Waals surface area contributed by atoms with Crippen molar-refractivity contribution in [1.29, 1.82) is 0 Å². The molecule has 2 unspecified atom stereocenters. The highest BCUT2D eigenvalue weighted by Crippen LogP contribution is 2.37. The van der Waals surface area contributed by atoms with E-state index in [9.17, 15) is 4.39 Å². The lowest BCUT2D eigenvalue weighted by molar-refractivity contribution is 0.414. The average molecular weight is 486 g/mol. The van der Waals surface area contributed by atoms with Gasteiger partial charge in [0.05, 0.1) is 18.9 Å². The lowest BCUT2D eigenvalue weighted by atomic mass is 10.0. The van der Waals surface area contributed by atoms with E-state index >= 15 is 0 Å². The Morgan fingerprint density at radius 1 is 0.929 bits per heavy atom. The first-order valence-electron chi connectivity index (χ1n) is 9.08. The van der Waals surface area contributed by atoms with E-state index in [0.717, 1.165) is 28.3 Å². The molecule has 1 aliphatic heterocycles. The van der Waals surface area contributed by atoms with Crippen LogP contribution in [0.15, 0.2) is 77.8 Å². The van der Waals surface area contributed by atoms with Crippen molar-refractivity contribution in [2.24, 2.45) is 4.99 Å². The standard InChI is InChI=1S/C23H20FIN2O/c1-15-22(16-3-7-18(24)8-4-16)26-23(17-5-13-21(28-2)14-6-17)27(15)20-11-9-19(25)10-12-20/h3-15,23H,1-2H3. The van der Waals surface area contributed by atoms with Gasteiger partial charge >= 0.3 is 0 Å². The molecule has 28 heavy (non-hydrogen) atoms. The van der Waals surface area contributed by atoms with Crippen LogP contribution in [-0.4, -0.2) is 18.9 Å². The molecule has 0 spiro atoms. The van der Waals surface area contributed by atoms with Gasteiger partial charge in [0, 0.05) is 9.26 Å². The molecule has 0 amide bonds. The Balaban J connectivity index is 1.78. The molecule has 0 saturated heterocycles. The topological polar surface area (TPSA) is 24.8 Å². The van der Waals surface area contributed by atoms with Gasteiger partial charge in [-0.3, -0.25) is 4.99 Å². The summed E-state index contributed by atoms with van der Waals surface area (Å²) in [6.45, 7) is 2.14. The molecular formula is C23H20FIN2O. The average Bonchev–Trinajstić information content (AvgIpc) is 3.06. The molecule has 0 fully saturated rings. The van der Waals surface area contributed by atoms with E-state index < -0.39 is 0 Å². The van der Waals surface area contributed by atoms with E-state index in [-0.39, 0.29) is 18.0 Å². The van der Waals surface area contributed by atoms with Gasteiger partial charge in [-0.15, -0.1) is 0 Å². The Morgan fingerprint density at radius 3 is 2.18 bits per heavy atom. The van der Waals surface area contributed by atoms with Crippen LogP contribution >= 0.6 is 22.6 Å². The summed E-state index contributed by atoms with van der Waals surface area (Å²) in [5.41, 5.74) is 4.10. The third kappa shape index (κ3) is 3.63. The van der Waals surface area contributed by atoms with Crippen LogP contribution in [0.3, 0.4) is 0 Å². The molecule has 1 aliphatic rings. The van der Waals surface area contributed by atoms with E-state index in [2.05, 4.69) is 58.7 Å². The highest BCUT2D eigenvalue weighted by Gasteiger charge is 2.35. The molecule has 0 aliphatic carbocycles. The Kier molecular flexibility index (Phi) is 5.35. The fourth-order valence-electron chi connectivity index (χ4n) is 3.57. The van der Waals surface area contributed by atoms with Crippen LogP contribution < -0.4 is 9.64 Å². The number of methoxy groups -OCH3 is 1. The molecule has 142 valence electrons. The van der Waals surface area contributed by atoms with Gasteiger partial charge in [-0.25, -0.2) is 4.39 Å². The van der Waals surface area contributed by atoms with Crippen molar-refractivity contribution in [3.05, 3.63) is 93.3 Å². The summed E-state index contributed by atoms with van der Waals surface area (Å²) >= 11 is 2.31. The monoisotopic (exact) mass is 486 g/mol. The lowest BCUT2D eigenvalue weighted by Crippen LogP contribution is -2.35. The second-order valence-corrected chi connectivity index (χ2v) is 7.97. The van der Waals surface area contributed by atoms with Gasteiger partial charge in [-0.1, -0.05) is 24.3 Å². The minimum absolute atomic E-state index is 0.0534. The highest BCUT2D eigenvalue weighted by atomic mass is 127. The van der Waals surface area contributed by atoms with Gasteiger partial charge in [0.2, 0.25) is 0 Å². The van der Waals surface area contributed by atoms with Crippen LogP contribution in [0.4, 0.5) is 10.1 Å². The SMILES string of the molecule is COc1ccc(C2N=C(c3ccc(F)cc3)C(C)N2c2ccc(I)cc2)cc1. The molecular weight excluding hydrogens is 466 g/mol. The van der Waals surface area contributed by atoms with Crippen molar-refractivity contribution in [2.45, 2.75) is 19.1 Å². The predicted octanol–water partition coefficient (Wildman–Crippen LogP) is 5.84. The zero-order valence-electron chi connectivity index (χ0n) is 15.6. The molecule has 0 radical (unpaired) electrons. The first kappa shape index (κ1) is 18.9. The van der Waals surface area contributed by atoms with Crippen molar-refractivity contribution in [3.8, 4) is 5.75 Å². The number of aliphatic imine (C=N–C) groups is 1. The molecule has 3 aromatic carbocycles. The number of anilines is 1. The number of nitrogens with zero attached hydrogens (tertiary/aromatic N) is 2. The highest BCUT2D eigenvalue weighted by molar-refractivity contribution is 14.1. The maximum absolute atomic E-state index is 13.4. The summed E-state index contributed by atoms with van der Waals surface area (Å²) in [4.78, 5) is 7.35. The summed E-state index contributed by atoms with van der Waals surface area (Å²) in [6, 6.07) is 23.1. The van der Waals surface area contributed by atoms with Crippen molar-refractivity contribution in [1.82, 2.24) is 0 Å². The van der Waals surface area contributed by atoms with E-state index in [1.807, 2.05) is 24.3 Å². The zero-order chi connectivity index (χ0) is 19.7. The Labute approximate surface area is 178 Å². The minimum Gasteiger partial charge on any atom is -0.497 e. The number of benzene rings is 3. The summed E-state index contributed by atoms with van der Waals surface area (Å²) < 4.78 is 19.9. The summed E-state index contributed by atoms with van der Waals surface area (Å²) in [5.74, 6) is 0.578. The fourth-order valence-corrected chi connectivity index (χ4v) is 3.93. The molecule has 4 rings (SSSR count). The van der Waals surface area contributed by atoms with E-state index in [0.29, 0.717) is 0 Å². The van der Waals surface area contributed by atoms with E-state index in [1.165, 1.54) is 15.7 Å². The minimum atomic E-state index is -0.240. The van der Waals surface area contributed by atoms with Crippen molar-refractivity contribution >= 4 is 34.0 Å². The quantitative estimate of drug-likeness (QED) is 0.434. The van der Waals surface area contributed by atoms with Gasteiger partial charge in [0.1, 0.15) is 17.7 Å². The van der Waals surface area contributed by atoms with Crippen molar-refractivity contribution in [2.75, 3.05) is 12.0 Å².